The summed E-state index contributed by atoms with van der Waals surface area (Å²) in [5.41, 5.74) is 4.22. The number of thiazole rings is 1. The molecule has 0 amide bonds. The fourth-order valence-electron chi connectivity index (χ4n) is 3.80. The molecule has 2 nitrogen and oxygen atoms in total. The molecule has 0 saturated heterocycles. The van der Waals surface area contributed by atoms with E-state index in [1.54, 1.807) is 16.9 Å². The molecule has 2 aromatic rings. The molecule has 0 radical (unpaired) electrons. The Hall–Kier alpha value is -0.900. The third-order valence-corrected chi connectivity index (χ3v) is 5.91. The second-order valence-corrected chi connectivity index (χ2v) is 7.27. The largest absolute Gasteiger partial charge is 0.316 e. The van der Waals surface area contributed by atoms with Gasteiger partial charge >= 0.3 is 0 Å². The van der Waals surface area contributed by atoms with Gasteiger partial charge in [-0.15, -0.1) is 11.3 Å². The number of likely N-dealkylation sites (N-methyl/N-ethyl adjacent to an activating group) is 1. The molecule has 1 aromatic carbocycles. The third kappa shape index (κ3) is 1.92. The summed E-state index contributed by atoms with van der Waals surface area (Å²) in [5, 5.41) is 5.35. The zero-order chi connectivity index (χ0) is 13.7. The predicted molar refractivity (Wildman–Crippen MR) is 86.3 cm³/mol. The van der Waals surface area contributed by atoms with Crippen LogP contribution < -0.4 is 5.32 Å². The number of rotatable bonds is 3. The minimum Gasteiger partial charge on any atom is -0.316 e. The minimum absolute atomic E-state index is 0.736. The first-order chi connectivity index (χ1) is 9.76. The molecule has 1 fully saturated rings. The van der Waals surface area contributed by atoms with E-state index in [2.05, 4.69) is 5.32 Å². The first-order valence-corrected chi connectivity index (χ1v) is 8.39. The first kappa shape index (κ1) is 12.8. The number of allylic oxidation sites excluding steroid dienone is 1. The highest BCUT2D eigenvalue weighted by atomic mass is 35.5. The fourth-order valence-corrected chi connectivity index (χ4v) is 5.20. The number of aromatic nitrogens is 1. The Morgan fingerprint density at radius 3 is 3.05 bits per heavy atom. The van der Waals surface area contributed by atoms with Gasteiger partial charge in [-0.25, -0.2) is 4.98 Å². The number of hydrogen-bond acceptors (Lipinski definition) is 3. The van der Waals surface area contributed by atoms with Crippen LogP contribution in [0.3, 0.4) is 0 Å². The van der Waals surface area contributed by atoms with Crippen LogP contribution in [0.15, 0.2) is 23.8 Å². The van der Waals surface area contributed by atoms with Gasteiger partial charge in [-0.2, -0.15) is 0 Å². The second-order valence-electron chi connectivity index (χ2n) is 5.81. The Labute approximate surface area is 127 Å². The zero-order valence-electron chi connectivity index (χ0n) is 11.4. The summed E-state index contributed by atoms with van der Waals surface area (Å²) in [6.45, 7) is 1.01. The SMILES string of the molecule is CNCC1=C(c2nc3ccc(Cl)cc3s2)[C@H]2CC[C@@H]1C2. The van der Waals surface area contributed by atoms with Crippen LogP contribution >= 0.6 is 22.9 Å². The van der Waals surface area contributed by atoms with E-state index >= 15 is 0 Å². The summed E-state index contributed by atoms with van der Waals surface area (Å²) in [6, 6.07) is 5.99. The molecule has 20 heavy (non-hydrogen) atoms. The zero-order valence-corrected chi connectivity index (χ0v) is 13.0. The van der Waals surface area contributed by atoms with Crippen LogP contribution in [0.5, 0.6) is 0 Å². The molecule has 4 rings (SSSR count). The molecule has 1 aromatic heterocycles. The standard InChI is InChI=1S/C16H17ClN2S/c1-18-8-12-9-2-3-10(6-9)15(12)16-19-13-5-4-11(17)7-14(13)20-16/h4-5,7,9-10,18H,2-3,6,8H2,1H3/t9-,10+/m1/s1. The van der Waals surface area contributed by atoms with Crippen molar-refractivity contribution in [1.29, 1.82) is 0 Å². The van der Waals surface area contributed by atoms with Crippen molar-refractivity contribution < 1.29 is 0 Å². The summed E-state index contributed by atoms with van der Waals surface area (Å²) in [4.78, 5) is 4.86. The highest BCUT2D eigenvalue weighted by Crippen LogP contribution is 2.53. The molecular weight excluding hydrogens is 288 g/mol. The van der Waals surface area contributed by atoms with Crippen LogP contribution in [-0.4, -0.2) is 18.6 Å². The van der Waals surface area contributed by atoms with E-state index < -0.39 is 0 Å². The summed E-state index contributed by atoms with van der Waals surface area (Å²) in [7, 11) is 2.04. The maximum atomic E-state index is 6.09. The van der Waals surface area contributed by atoms with Crippen LogP contribution in [0.2, 0.25) is 5.02 Å². The lowest BCUT2D eigenvalue weighted by molar-refractivity contribution is 0.627. The van der Waals surface area contributed by atoms with Crippen LogP contribution in [0.4, 0.5) is 0 Å². The van der Waals surface area contributed by atoms with Gasteiger partial charge in [0.15, 0.2) is 0 Å². The number of nitrogens with one attached hydrogen (secondary N) is 1. The van der Waals surface area contributed by atoms with Gasteiger partial charge in [-0.3, -0.25) is 0 Å². The van der Waals surface area contributed by atoms with Gasteiger partial charge < -0.3 is 5.32 Å². The van der Waals surface area contributed by atoms with E-state index in [4.69, 9.17) is 16.6 Å². The molecule has 0 unspecified atom stereocenters. The Morgan fingerprint density at radius 2 is 2.20 bits per heavy atom. The fraction of sp³-hybridized carbons (Fsp3) is 0.438. The molecule has 2 bridgehead atoms. The molecule has 2 aliphatic rings. The van der Waals surface area contributed by atoms with E-state index in [1.165, 1.54) is 34.5 Å². The molecule has 104 valence electrons. The molecule has 4 heteroatoms. The van der Waals surface area contributed by atoms with Crippen molar-refractivity contribution in [2.75, 3.05) is 13.6 Å². The minimum atomic E-state index is 0.736. The first-order valence-electron chi connectivity index (χ1n) is 7.20. The van der Waals surface area contributed by atoms with Crippen molar-refractivity contribution in [2.24, 2.45) is 11.8 Å². The van der Waals surface area contributed by atoms with Gasteiger partial charge in [-0.05, 0) is 67.5 Å². The second kappa shape index (κ2) is 4.83. The quantitative estimate of drug-likeness (QED) is 0.911. The number of benzene rings is 1. The maximum absolute atomic E-state index is 6.09. The van der Waals surface area contributed by atoms with E-state index in [1.807, 2.05) is 25.2 Å². The Morgan fingerprint density at radius 1 is 1.35 bits per heavy atom. The number of hydrogen-bond donors (Lipinski definition) is 1. The summed E-state index contributed by atoms with van der Waals surface area (Å²) in [5.74, 6) is 1.53. The molecular formula is C16H17ClN2S. The average Bonchev–Trinajstić information content (AvgIpc) is 3.11. The van der Waals surface area contributed by atoms with Crippen molar-refractivity contribution in [1.82, 2.24) is 10.3 Å². The van der Waals surface area contributed by atoms with Gasteiger partial charge in [-0.1, -0.05) is 11.6 Å². The normalized spacial score (nSPS) is 25.1. The molecule has 1 saturated carbocycles. The van der Waals surface area contributed by atoms with Crippen molar-refractivity contribution in [2.45, 2.75) is 19.3 Å². The van der Waals surface area contributed by atoms with Crippen molar-refractivity contribution in [3.05, 3.63) is 33.8 Å². The number of fused-ring (bicyclic) bond motifs is 3. The van der Waals surface area contributed by atoms with Crippen molar-refractivity contribution in [3.63, 3.8) is 0 Å². The molecule has 1 N–H and O–H groups in total. The lowest BCUT2D eigenvalue weighted by atomic mass is 9.92. The Bertz CT molecular complexity index is 704. The van der Waals surface area contributed by atoms with Crippen molar-refractivity contribution >= 4 is 38.7 Å². The smallest absolute Gasteiger partial charge is 0.120 e. The maximum Gasteiger partial charge on any atom is 0.120 e. The van der Waals surface area contributed by atoms with E-state index in [0.717, 1.165) is 28.9 Å². The van der Waals surface area contributed by atoms with Crippen LogP contribution in [0, 0.1) is 11.8 Å². The van der Waals surface area contributed by atoms with Crippen molar-refractivity contribution in [3.8, 4) is 0 Å². The summed E-state index contributed by atoms with van der Waals surface area (Å²) in [6.07, 6.45) is 4.04. The lowest BCUT2D eigenvalue weighted by Gasteiger charge is -2.18. The van der Waals surface area contributed by atoms with Crippen LogP contribution in [0.25, 0.3) is 15.8 Å². The summed E-state index contributed by atoms with van der Waals surface area (Å²) < 4.78 is 1.20. The van der Waals surface area contributed by atoms with E-state index in [-0.39, 0.29) is 0 Å². The van der Waals surface area contributed by atoms with E-state index in [0.29, 0.717) is 0 Å². The van der Waals surface area contributed by atoms with Gasteiger partial charge in [0, 0.05) is 11.6 Å². The van der Waals surface area contributed by atoms with Gasteiger partial charge in [0.1, 0.15) is 5.01 Å². The monoisotopic (exact) mass is 304 g/mol. The lowest BCUT2D eigenvalue weighted by Crippen LogP contribution is -2.16. The predicted octanol–water partition coefficient (Wildman–Crippen LogP) is 4.35. The third-order valence-electron chi connectivity index (χ3n) is 4.63. The Kier molecular flexibility index (Phi) is 3.09. The highest BCUT2D eigenvalue weighted by Gasteiger charge is 2.40. The van der Waals surface area contributed by atoms with Crippen LogP contribution in [0.1, 0.15) is 24.3 Å². The number of halogens is 1. The number of nitrogens with zero attached hydrogens (tertiary/aromatic N) is 1. The molecule has 0 aliphatic heterocycles. The van der Waals surface area contributed by atoms with Gasteiger partial charge in [0.2, 0.25) is 0 Å². The molecule has 1 heterocycles. The molecule has 2 aliphatic carbocycles. The van der Waals surface area contributed by atoms with E-state index in [9.17, 15) is 0 Å². The highest BCUT2D eigenvalue weighted by molar-refractivity contribution is 7.19. The topological polar surface area (TPSA) is 24.9 Å². The average molecular weight is 305 g/mol. The molecule has 2 atom stereocenters. The summed E-state index contributed by atoms with van der Waals surface area (Å²) >= 11 is 7.88. The molecule has 0 spiro atoms. The van der Waals surface area contributed by atoms with Gasteiger partial charge in [0.05, 0.1) is 10.2 Å². The Balaban J connectivity index is 1.84. The van der Waals surface area contributed by atoms with Crippen LogP contribution in [-0.2, 0) is 0 Å². The van der Waals surface area contributed by atoms with Gasteiger partial charge in [0.25, 0.3) is 0 Å².